The van der Waals surface area contributed by atoms with Crippen LogP contribution < -0.4 is 10.6 Å². The lowest BCUT2D eigenvalue weighted by molar-refractivity contribution is -0.133. The lowest BCUT2D eigenvalue weighted by Gasteiger charge is -2.34. The largest absolute Gasteiger partial charge is 0.352 e. The monoisotopic (exact) mass is 282 g/mol. The summed E-state index contributed by atoms with van der Waals surface area (Å²) in [7, 11) is 1.89. The number of carbonyl (C=O) groups is 2. The Kier molecular flexibility index (Phi) is 7.91. The maximum absolute atomic E-state index is 11.9. The summed E-state index contributed by atoms with van der Waals surface area (Å²) in [4.78, 5) is 27.5. The summed E-state index contributed by atoms with van der Waals surface area (Å²) in [6.45, 7) is 8.29. The van der Waals surface area contributed by atoms with Crippen molar-refractivity contribution < 1.29 is 9.59 Å². The first-order valence-electron chi connectivity index (χ1n) is 7.19. The molecule has 0 unspecified atom stereocenters. The van der Waals surface area contributed by atoms with Gasteiger partial charge in [-0.2, -0.15) is 0 Å². The van der Waals surface area contributed by atoms with Crippen molar-refractivity contribution in [2.75, 3.05) is 52.9 Å². The number of hydrogen-bond donors (Lipinski definition) is 2. The van der Waals surface area contributed by atoms with Crippen LogP contribution in [-0.4, -0.2) is 74.5 Å². The van der Waals surface area contributed by atoms with Crippen molar-refractivity contribution in [3.05, 3.63) is 12.7 Å². The molecule has 6 heteroatoms. The van der Waals surface area contributed by atoms with Gasteiger partial charge in [-0.05, 0) is 20.0 Å². The summed E-state index contributed by atoms with van der Waals surface area (Å²) in [5, 5.41) is 5.80. The number of carbonyl (C=O) groups excluding carboxylic acids is 2. The fraction of sp³-hybridized carbons (Fsp3) is 0.714. The molecule has 20 heavy (non-hydrogen) atoms. The minimum absolute atomic E-state index is 0.0127. The second-order valence-corrected chi connectivity index (χ2v) is 4.96. The number of rotatable bonds is 8. The number of hydrogen-bond acceptors (Lipinski definition) is 4. The Labute approximate surface area is 121 Å². The van der Waals surface area contributed by atoms with Crippen molar-refractivity contribution in [3.8, 4) is 0 Å². The fourth-order valence-electron chi connectivity index (χ4n) is 2.17. The first-order valence-corrected chi connectivity index (χ1v) is 7.19. The van der Waals surface area contributed by atoms with E-state index < -0.39 is 0 Å². The maximum atomic E-state index is 11.9. The summed E-state index contributed by atoms with van der Waals surface area (Å²) in [6.07, 6.45) is 3.14. The van der Waals surface area contributed by atoms with Gasteiger partial charge in [0.2, 0.25) is 11.8 Å². The summed E-state index contributed by atoms with van der Waals surface area (Å²) >= 11 is 0. The predicted octanol–water partition coefficient (Wildman–Crippen LogP) is -0.568. The summed E-state index contributed by atoms with van der Waals surface area (Å²) in [5.41, 5.74) is 0. The zero-order valence-corrected chi connectivity index (χ0v) is 12.4. The fourth-order valence-corrected chi connectivity index (χ4v) is 2.17. The second kappa shape index (κ2) is 9.50. The van der Waals surface area contributed by atoms with Gasteiger partial charge in [-0.15, -0.1) is 6.58 Å². The molecule has 0 radical (unpaired) electrons. The van der Waals surface area contributed by atoms with Crippen molar-refractivity contribution in [3.63, 3.8) is 0 Å². The van der Waals surface area contributed by atoms with Crippen LogP contribution in [0.4, 0.5) is 0 Å². The number of nitrogens with zero attached hydrogens (tertiary/aromatic N) is 2. The zero-order chi connectivity index (χ0) is 14.8. The van der Waals surface area contributed by atoms with Gasteiger partial charge in [0.1, 0.15) is 0 Å². The normalized spacial score (nSPS) is 15.9. The third-order valence-corrected chi connectivity index (χ3v) is 3.35. The lowest BCUT2D eigenvalue weighted by Crippen LogP contribution is -2.51. The topological polar surface area (TPSA) is 64.7 Å². The highest BCUT2D eigenvalue weighted by atomic mass is 16.2. The van der Waals surface area contributed by atoms with Crippen LogP contribution in [0.25, 0.3) is 0 Å². The van der Waals surface area contributed by atoms with Crippen molar-refractivity contribution in [2.45, 2.75) is 12.8 Å². The molecule has 0 spiro atoms. The predicted molar refractivity (Wildman–Crippen MR) is 79.4 cm³/mol. The molecule has 0 bridgehead atoms. The van der Waals surface area contributed by atoms with E-state index in [1.54, 1.807) is 6.08 Å². The summed E-state index contributed by atoms with van der Waals surface area (Å²) in [6, 6.07) is 0. The van der Waals surface area contributed by atoms with Gasteiger partial charge in [0.05, 0.1) is 6.54 Å². The molecule has 0 saturated carbocycles. The van der Waals surface area contributed by atoms with Crippen LogP contribution in [0.3, 0.4) is 0 Å². The van der Waals surface area contributed by atoms with Gasteiger partial charge in [0.15, 0.2) is 0 Å². The van der Waals surface area contributed by atoms with Gasteiger partial charge >= 0.3 is 0 Å². The van der Waals surface area contributed by atoms with Crippen LogP contribution >= 0.6 is 0 Å². The van der Waals surface area contributed by atoms with Crippen LogP contribution in [0.5, 0.6) is 0 Å². The van der Waals surface area contributed by atoms with Crippen LogP contribution in [-0.2, 0) is 9.59 Å². The van der Waals surface area contributed by atoms with Crippen molar-refractivity contribution >= 4 is 11.8 Å². The van der Waals surface area contributed by atoms with Crippen LogP contribution in [0, 0.1) is 0 Å². The van der Waals surface area contributed by atoms with Crippen LogP contribution in [0.2, 0.25) is 0 Å². The Bertz CT molecular complexity index is 325. The standard InChI is InChI=1S/C14H26N4O2/c1-3-6-16-13(19)12-17-8-10-18(11-9-17)14(20)5-4-7-15-2/h3,15H,1,4-12H2,2H3,(H,16,19). The molecule has 0 aromatic carbocycles. The molecular formula is C14H26N4O2. The molecule has 1 heterocycles. The average molecular weight is 282 g/mol. The van der Waals surface area contributed by atoms with E-state index in [1.165, 1.54) is 0 Å². The third kappa shape index (κ3) is 6.16. The lowest BCUT2D eigenvalue weighted by atomic mass is 10.2. The van der Waals surface area contributed by atoms with Crippen molar-refractivity contribution in [1.82, 2.24) is 20.4 Å². The van der Waals surface area contributed by atoms with Gasteiger partial charge in [-0.3, -0.25) is 14.5 Å². The van der Waals surface area contributed by atoms with E-state index in [2.05, 4.69) is 22.1 Å². The molecule has 1 saturated heterocycles. The van der Waals surface area contributed by atoms with E-state index in [0.29, 0.717) is 32.6 Å². The van der Waals surface area contributed by atoms with E-state index >= 15 is 0 Å². The molecule has 2 amide bonds. The van der Waals surface area contributed by atoms with E-state index in [-0.39, 0.29) is 11.8 Å². The minimum Gasteiger partial charge on any atom is -0.352 e. The molecule has 0 aromatic rings. The Hall–Kier alpha value is -1.40. The quantitative estimate of drug-likeness (QED) is 0.462. The highest BCUT2D eigenvalue weighted by Gasteiger charge is 2.21. The SMILES string of the molecule is C=CCNC(=O)CN1CCN(C(=O)CCCNC)CC1. The van der Waals surface area contributed by atoms with E-state index in [4.69, 9.17) is 0 Å². The van der Waals surface area contributed by atoms with Gasteiger partial charge in [-0.25, -0.2) is 0 Å². The maximum Gasteiger partial charge on any atom is 0.234 e. The van der Waals surface area contributed by atoms with E-state index in [9.17, 15) is 9.59 Å². The molecule has 1 aliphatic rings. The smallest absolute Gasteiger partial charge is 0.234 e. The molecule has 0 aliphatic carbocycles. The highest BCUT2D eigenvalue weighted by Crippen LogP contribution is 2.04. The number of amides is 2. The molecule has 114 valence electrons. The van der Waals surface area contributed by atoms with Crippen LogP contribution in [0.1, 0.15) is 12.8 Å². The Balaban J connectivity index is 2.20. The summed E-state index contributed by atoms with van der Waals surface area (Å²) in [5.74, 6) is 0.231. The Morgan fingerprint density at radius 3 is 2.55 bits per heavy atom. The molecule has 1 fully saturated rings. The molecule has 1 rings (SSSR count). The van der Waals surface area contributed by atoms with Gasteiger partial charge in [0, 0.05) is 39.1 Å². The molecule has 2 N–H and O–H groups in total. The number of nitrogens with one attached hydrogen (secondary N) is 2. The Morgan fingerprint density at radius 1 is 1.25 bits per heavy atom. The highest BCUT2D eigenvalue weighted by molar-refractivity contribution is 5.78. The average Bonchev–Trinajstić information content (AvgIpc) is 2.46. The molecule has 0 aromatic heterocycles. The van der Waals surface area contributed by atoms with Crippen LogP contribution in [0.15, 0.2) is 12.7 Å². The van der Waals surface area contributed by atoms with Gasteiger partial charge in [0.25, 0.3) is 0 Å². The van der Waals surface area contributed by atoms with E-state index in [1.807, 2.05) is 11.9 Å². The zero-order valence-electron chi connectivity index (χ0n) is 12.4. The summed E-state index contributed by atoms with van der Waals surface area (Å²) < 4.78 is 0. The van der Waals surface area contributed by atoms with Gasteiger partial charge < -0.3 is 15.5 Å². The number of piperazine rings is 1. The third-order valence-electron chi connectivity index (χ3n) is 3.35. The molecule has 0 atom stereocenters. The Morgan fingerprint density at radius 2 is 1.95 bits per heavy atom. The first-order chi connectivity index (χ1) is 9.67. The molecule has 1 aliphatic heterocycles. The minimum atomic E-state index is 0.0127. The van der Waals surface area contributed by atoms with E-state index in [0.717, 1.165) is 26.1 Å². The molecule has 6 nitrogen and oxygen atoms in total. The van der Waals surface area contributed by atoms with Gasteiger partial charge in [-0.1, -0.05) is 6.08 Å². The second-order valence-electron chi connectivity index (χ2n) is 4.96. The first kappa shape index (κ1) is 16.7. The molecular weight excluding hydrogens is 256 g/mol. The van der Waals surface area contributed by atoms with Crippen molar-refractivity contribution in [2.24, 2.45) is 0 Å². The van der Waals surface area contributed by atoms with Crippen molar-refractivity contribution in [1.29, 1.82) is 0 Å².